The van der Waals surface area contributed by atoms with E-state index in [1.807, 2.05) is 17.2 Å². The second kappa shape index (κ2) is 6.85. The van der Waals surface area contributed by atoms with Crippen molar-refractivity contribution in [3.8, 4) is 0 Å². The van der Waals surface area contributed by atoms with Crippen LogP contribution in [0.25, 0.3) is 0 Å². The maximum atomic E-state index is 4.56. The van der Waals surface area contributed by atoms with E-state index in [-0.39, 0.29) is 0 Å². The predicted octanol–water partition coefficient (Wildman–Crippen LogP) is 2.32. The van der Waals surface area contributed by atoms with Crippen LogP contribution in [0.15, 0.2) is 10.9 Å². The summed E-state index contributed by atoms with van der Waals surface area (Å²) >= 11 is 1.63. The summed E-state index contributed by atoms with van der Waals surface area (Å²) in [7, 11) is 4.10. The highest BCUT2D eigenvalue weighted by Crippen LogP contribution is 2.23. The predicted molar refractivity (Wildman–Crippen MR) is 84.2 cm³/mol. The number of hydrogen-bond donors (Lipinski definition) is 1. The van der Waals surface area contributed by atoms with Crippen LogP contribution >= 0.6 is 11.3 Å². The van der Waals surface area contributed by atoms with Crippen LogP contribution in [0.5, 0.6) is 0 Å². The molecular formula is C14H23N5S. The van der Waals surface area contributed by atoms with Gasteiger partial charge in [-0.15, -0.1) is 11.3 Å². The van der Waals surface area contributed by atoms with E-state index in [0.717, 1.165) is 37.4 Å². The number of hydrogen-bond acceptors (Lipinski definition) is 5. The van der Waals surface area contributed by atoms with Gasteiger partial charge in [0.25, 0.3) is 0 Å². The molecule has 0 unspecified atom stereocenters. The van der Waals surface area contributed by atoms with Gasteiger partial charge in [-0.1, -0.05) is 6.92 Å². The SMILES string of the molecule is CCCNCc1c(C)nn(C)c1N(C)Cc1cscn1. The summed E-state index contributed by atoms with van der Waals surface area (Å²) < 4.78 is 1.96. The molecule has 5 nitrogen and oxygen atoms in total. The van der Waals surface area contributed by atoms with Crippen molar-refractivity contribution < 1.29 is 0 Å². The standard InChI is InChI=1S/C14H23N5S/c1-5-6-15-7-13-11(2)17-19(4)14(13)18(3)8-12-9-20-10-16-12/h9-10,15H,5-8H2,1-4H3. The van der Waals surface area contributed by atoms with Crippen molar-refractivity contribution in [2.24, 2.45) is 7.05 Å². The largest absolute Gasteiger partial charge is 0.354 e. The third-order valence-corrected chi connectivity index (χ3v) is 3.92. The van der Waals surface area contributed by atoms with Gasteiger partial charge in [-0.3, -0.25) is 4.68 Å². The Morgan fingerprint density at radius 2 is 2.25 bits per heavy atom. The third kappa shape index (κ3) is 3.37. The molecule has 0 saturated heterocycles. The van der Waals surface area contributed by atoms with Crippen LogP contribution in [0.4, 0.5) is 5.82 Å². The van der Waals surface area contributed by atoms with Gasteiger partial charge in [0.05, 0.1) is 23.4 Å². The summed E-state index contributed by atoms with van der Waals surface area (Å²) in [4.78, 5) is 6.58. The molecule has 0 fully saturated rings. The van der Waals surface area contributed by atoms with Gasteiger partial charge in [0.1, 0.15) is 5.82 Å². The second-order valence-corrected chi connectivity index (χ2v) is 5.74. The third-order valence-electron chi connectivity index (χ3n) is 3.29. The van der Waals surface area contributed by atoms with Gasteiger partial charge >= 0.3 is 0 Å². The maximum absolute atomic E-state index is 4.56. The van der Waals surface area contributed by atoms with E-state index in [2.05, 4.69) is 46.6 Å². The topological polar surface area (TPSA) is 46.0 Å². The molecule has 110 valence electrons. The molecule has 20 heavy (non-hydrogen) atoms. The average molecular weight is 293 g/mol. The van der Waals surface area contributed by atoms with Crippen molar-refractivity contribution in [1.29, 1.82) is 0 Å². The lowest BCUT2D eigenvalue weighted by Gasteiger charge is -2.20. The van der Waals surface area contributed by atoms with Crippen molar-refractivity contribution in [3.05, 3.63) is 27.8 Å². The number of nitrogens with one attached hydrogen (secondary N) is 1. The Morgan fingerprint density at radius 1 is 1.45 bits per heavy atom. The molecule has 0 atom stereocenters. The normalized spacial score (nSPS) is 11.0. The minimum atomic E-state index is 0.809. The zero-order chi connectivity index (χ0) is 14.5. The van der Waals surface area contributed by atoms with Gasteiger partial charge in [-0.05, 0) is 19.9 Å². The van der Waals surface area contributed by atoms with Crippen LogP contribution < -0.4 is 10.2 Å². The van der Waals surface area contributed by atoms with Gasteiger partial charge in [0, 0.05) is 31.6 Å². The minimum absolute atomic E-state index is 0.809. The number of aryl methyl sites for hydroxylation is 2. The average Bonchev–Trinajstić information content (AvgIpc) is 2.98. The summed E-state index contributed by atoms with van der Waals surface area (Å²) in [5.74, 6) is 1.17. The molecule has 2 rings (SSSR count). The molecule has 6 heteroatoms. The van der Waals surface area contributed by atoms with E-state index in [1.54, 1.807) is 11.3 Å². The Hall–Kier alpha value is -1.40. The molecule has 0 bridgehead atoms. The first-order chi connectivity index (χ1) is 9.63. The lowest BCUT2D eigenvalue weighted by Crippen LogP contribution is -2.23. The summed E-state index contributed by atoms with van der Waals surface area (Å²) in [5, 5.41) is 10.1. The molecule has 0 aliphatic carbocycles. The molecule has 0 aliphatic rings. The van der Waals surface area contributed by atoms with Crippen LogP contribution in [0, 0.1) is 6.92 Å². The maximum Gasteiger partial charge on any atom is 0.131 e. The van der Waals surface area contributed by atoms with Crippen molar-refractivity contribution in [1.82, 2.24) is 20.1 Å². The van der Waals surface area contributed by atoms with E-state index in [1.165, 1.54) is 11.4 Å². The molecular weight excluding hydrogens is 270 g/mol. The van der Waals surface area contributed by atoms with Gasteiger partial charge in [0.2, 0.25) is 0 Å². The van der Waals surface area contributed by atoms with E-state index in [9.17, 15) is 0 Å². The molecule has 0 aromatic carbocycles. The van der Waals surface area contributed by atoms with Crippen molar-refractivity contribution in [2.45, 2.75) is 33.4 Å². The highest BCUT2D eigenvalue weighted by Gasteiger charge is 2.17. The summed E-state index contributed by atoms with van der Waals surface area (Å²) in [6.07, 6.45) is 1.14. The molecule has 0 aliphatic heterocycles. The Labute approximate surface area is 124 Å². The second-order valence-electron chi connectivity index (χ2n) is 5.02. The van der Waals surface area contributed by atoms with Crippen LogP contribution in [0.2, 0.25) is 0 Å². The minimum Gasteiger partial charge on any atom is -0.354 e. The number of nitrogens with zero attached hydrogens (tertiary/aromatic N) is 4. The summed E-state index contributed by atoms with van der Waals surface area (Å²) in [5.41, 5.74) is 5.35. The fourth-order valence-corrected chi connectivity index (χ4v) is 2.95. The van der Waals surface area contributed by atoms with Gasteiger partial charge in [-0.25, -0.2) is 4.98 Å². The zero-order valence-electron chi connectivity index (χ0n) is 12.7. The number of rotatable bonds is 7. The Kier molecular flexibility index (Phi) is 5.14. The highest BCUT2D eigenvalue weighted by molar-refractivity contribution is 7.07. The van der Waals surface area contributed by atoms with Crippen LogP contribution in [0.3, 0.4) is 0 Å². The number of anilines is 1. The van der Waals surface area contributed by atoms with Crippen LogP contribution in [0.1, 0.15) is 30.3 Å². The summed E-state index contributed by atoms with van der Waals surface area (Å²) in [6.45, 7) is 6.96. The van der Waals surface area contributed by atoms with E-state index in [0.29, 0.717) is 0 Å². The zero-order valence-corrected chi connectivity index (χ0v) is 13.5. The van der Waals surface area contributed by atoms with Crippen LogP contribution in [-0.4, -0.2) is 28.4 Å². The van der Waals surface area contributed by atoms with E-state index < -0.39 is 0 Å². The van der Waals surface area contributed by atoms with Crippen molar-refractivity contribution in [2.75, 3.05) is 18.5 Å². The highest BCUT2D eigenvalue weighted by atomic mass is 32.1. The Balaban J connectivity index is 2.16. The Morgan fingerprint density at radius 3 is 2.90 bits per heavy atom. The van der Waals surface area contributed by atoms with Gasteiger partial charge in [0.15, 0.2) is 0 Å². The van der Waals surface area contributed by atoms with Crippen molar-refractivity contribution >= 4 is 17.2 Å². The smallest absolute Gasteiger partial charge is 0.131 e. The molecule has 2 heterocycles. The van der Waals surface area contributed by atoms with Crippen LogP contribution in [-0.2, 0) is 20.1 Å². The van der Waals surface area contributed by atoms with Crippen molar-refractivity contribution in [3.63, 3.8) is 0 Å². The fraction of sp³-hybridized carbons (Fsp3) is 0.571. The van der Waals surface area contributed by atoms with E-state index >= 15 is 0 Å². The molecule has 0 saturated carbocycles. The fourth-order valence-electron chi connectivity index (χ4n) is 2.40. The lowest BCUT2D eigenvalue weighted by molar-refractivity contribution is 0.669. The number of thiazole rings is 1. The summed E-state index contributed by atoms with van der Waals surface area (Å²) in [6, 6.07) is 0. The van der Waals surface area contributed by atoms with Gasteiger partial charge in [-0.2, -0.15) is 5.10 Å². The lowest BCUT2D eigenvalue weighted by atomic mass is 10.2. The molecule has 2 aromatic rings. The first kappa shape index (κ1) is 15.0. The first-order valence-electron chi connectivity index (χ1n) is 6.94. The first-order valence-corrected chi connectivity index (χ1v) is 7.89. The molecule has 0 spiro atoms. The monoisotopic (exact) mass is 293 g/mol. The quantitative estimate of drug-likeness (QED) is 0.796. The van der Waals surface area contributed by atoms with Gasteiger partial charge < -0.3 is 10.2 Å². The molecule has 1 N–H and O–H groups in total. The molecule has 0 radical (unpaired) electrons. The number of aromatic nitrogens is 3. The Bertz CT molecular complexity index is 532. The molecule has 0 amide bonds. The van der Waals surface area contributed by atoms with E-state index in [4.69, 9.17) is 0 Å². The molecule has 2 aromatic heterocycles.